The lowest BCUT2D eigenvalue weighted by molar-refractivity contribution is -0.385. The molecule has 20 heavy (non-hydrogen) atoms. The van der Waals surface area contributed by atoms with Crippen LogP contribution in [0.3, 0.4) is 0 Å². The van der Waals surface area contributed by atoms with E-state index in [9.17, 15) is 14.9 Å². The summed E-state index contributed by atoms with van der Waals surface area (Å²) in [6.07, 6.45) is 1.86. The van der Waals surface area contributed by atoms with Crippen LogP contribution in [0, 0.1) is 17.0 Å². The lowest BCUT2D eigenvalue weighted by atomic mass is 10.2. The Morgan fingerprint density at radius 3 is 2.80 bits per heavy atom. The molecule has 0 aromatic heterocycles. The van der Waals surface area contributed by atoms with Crippen molar-refractivity contribution in [2.75, 3.05) is 6.61 Å². The van der Waals surface area contributed by atoms with Crippen LogP contribution in [0.2, 0.25) is 0 Å². The number of amides is 1. The molecular formula is C14H20N2O4. The van der Waals surface area contributed by atoms with Gasteiger partial charge in [-0.1, -0.05) is 19.4 Å². The number of hydrogen-bond acceptors (Lipinski definition) is 4. The number of carbonyl (C=O) groups excluding carboxylic acids is 1. The Morgan fingerprint density at radius 1 is 1.50 bits per heavy atom. The summed E-state index contributed by atoms with van der Waals surface area (Å²) in [7, 11) is 0. The minimum absolute atomic E-state index is 0.0732. The van der Waals surface area contributed by atoms with Crippen LogP contribution in [0.1, 0.15) is 32.3 Å². The van der Waals surface area contributed by atoms with Crippen LogP contribution < -0.4 is 10.1 Å². The molecule has 0 saturated heterocycles. The summed E-state index contributed by atoms with van der Waals surface area (Å²) in [6, 6.07) is 4.72. The molecule has 6 nitrogen and oxygen atoms in total. The molecule has 0 radical (unpaired) electrons. The topological polar surface area (TPSA) is 81.5 Å². The highest BCUT2D eigenvalue weighted by Gasteiger charge is 2.16. The number of rotatable bonds is 7. The monoisotopic (exact) mass is 280 g/mol. The van der Waals surface area contributed by atoms with Gasteiger partial charge < -0.3 is 10.1 Å². The fraction of sp³-hybridized carbons (Fsp3) is 0.500. The first-order valence-corrected chi connectivity index (χ1v) is 6.61. The minimum atomic E-state index is -0.514. The Balaban J connectivity index is 2.61. The fourth-order valence-corrected chi connectivity index (χ4v) is 1.86. The van der Waals surface area contributed by atoms with Crippen molar-refractivity contribution in [1.82, 2.24) is 5.32 Å². The lowest BCUT2D eigenvalue weighted by Gasteiger charge is -2.13. The Morgan fingerprint density at radius 2 is 2.20 bits per heavy atom. The lowest BCUT2D eigenvalue weighted by Crippen LogP contribution is -2.36. The normalized spacial score (nSPS) is 11.8. The molecule has 1 rings (SSSR count). The van der Waals surface area contributed by atoms with Crippen molar-refractivity contribution < 1.29 is 14.5 Å². The van der Waals surface area contributed by atoms with Gasteiger partial charge in [0.25, 0.3) is 5.91 Å². The molecule has 1 aromatic carbocycles. The third-order valence-corrected chi connectivity index (χ3v) is 2.80. The third kappa shape index (κ3) is 4.87. The molecule has 0 heterocycles. The maximum absolute atomic E-state index is 11.6. The molecule has 110 valence electrons. The number of hydrogen-bond donors (Lipinski definition) is 1. The van der Waals surface area contributed by atoms with E-state index in [1.807, 2.05) is 13.8 Å². The molecule has 6 heteroatoms. The Labute approximate surface area is 118 Å². The van der Waals surface area contributed by atoms with Gasteiger partial charge in [-0.25, -0.2) is 0 Å². The molecule has 1 amide bonds. The average molecular weight is 280 g/mol. The van der Waals surface area contributed by atoms with Crippen LogP contribution in [0.15, 0.2) is 18.2 Å². The van der Waals surface area contributed by atoms with Gasteiger partial charge >= 0.3 is 5.69 Å². The van der Waals surface area contributed by atoms with E-state index in [0.29, 0.717) is 0 Å². The molecule has 0 fully saturated rings. The molecule has 1 aromatic rings. The van der Waals surface area contributed by atoms with E-state index < -0.39 is 4.92 Å². The molecule has 0 aliphatic heterocycles. The zero-order chi connectivity index (χ0) is 15.1. The summed E-state index contributed by atoms with van der Waals surface area (Å²) >= 11 is 0. The second-order valence-electron chi connectivity index (χ2n) is 4.77. The first-order valence-electron chi connectivity index (χ1n) is 6.61. The quantitative estimate of drug-likeness (QED) is 0.614. The molecule has 0 bridgehead atoms. The van der Waals surface area contributed by atoms with Crippen molar-refractivity contribution in [3.8, 4) is 5.75 Å². The van der Waals surface area contributed by atoms with Crippen molar-refractivity contribution in [2.24, 2.45) is 0 Å². The molecule has 0 aliphatic rings. The predicted molar refractivity (Wildman–Crippen MR) is 75.8 cm³/mol. The Kier molecular flexibility index (Phi) is 5.96. The highest BCUT2D eigenvalue weighted by Crippen LogP contribution is 2.27. The van der Waals surface area contributed by atoms with Gasteiger partial charge in [-0.15, -0.1) is 0 Å². The van der Waals surface area contributed by atoms with Crippen molar-refractivity contribution in [3.63, 3.8) is 0 Å². The van der Waals surface area contributed by atoms with Crippen LogP contribution in [0.25, 0.3) is 0 Å². The highest BCUT2D eigenvalue weighted by molar-refractivity contribution is 5.78. The molecule has 1 unspecified atom stereocenters. The maximum Gasteiger partial charge on any atom is 0.311 e. The van der Waals surface area contributed by atoms with E-state index in [1.54, 1.807) is 13.0 Å². The van der Waals surface area contributed by atoms with Gasteiger partial charge in [0.05, 0.1) is 4.92 Å². The van der Waals surface area contributed by atoms with E-state index >= 15 is 0 Å². The molecule has 0 spiro atoms. The van der Waals surface area contributed by atoms with Crippen molar-refractivity contribution >= 4 is 11.6 Å². The van der Waals surface area contributed by atoms with Gasteiger partial charge in [-0.05, 0) is 31.9 Å². The predicted octanol–water partition coefficient (Wildman–Crippen LogP) is 2.59. The molecule has 0 saturated carbocycles. The molecule has 1 atom stereocenters. The van der Waals surface area contributed by atoms with E-state index in [2.05, 4.69) is 5.32 Å². The average Bonchev–Trinajstić information content (AvgIpc) is 2.37. The number of nitro benzene ring substituents is 1. The van der Waals surface area contributed by atoms with E-state index in [-0.39, 0.29) is 30.0 Å². The van der Waals surface area contributed by atoms with Crippen molar-refractivity contribution in [2.45, 2.75) is 39.7 Å². The largest absolute Gasteiger partial charge is 0.477 e. The van der Waals surface area contributed by atoms with Crippen LogP contribution in [-0.2, 0) is 4.79 Å². The smallest absolute Gasteiger partial charge is 0.311 e. The number of nitrogens with one attached hydrogen (secondary N) is 1. The van der Waals surface area contributed by atoms with Crippen LogP contribution in [0.5, 0.6) is 5.75 Å². The standard InChI is InChI=1S/C14H20N2O4/c1-4-5-11(3)15-14(17)9-20-13-7-6-10(2)8-12(13)16(18)19/h6-8,11H,4-5,9H2,1-3H3,(H,15,17). The molecule has 0 aliphatic carbocycles. The van der Waals surface area contributed by atoms with Crippen molar-refractivity contribution in [1.29, 1.82) is 0 Å². The third-order valence-electron chi connectivity index (χ3n) is 2.80. The van der Waals surface area contributed by atoms with Gasteiger partial charge in [0, 0.05) is 12.1 Å². The van der Waals surface area contributed by atoms with Gasteiger partial charge in [0.1, 0.15) is 0 Å². The number of benzene rings is 1. The van der Waals surface area contributed by atoms with Gasteiger partial charge in [0.2, 0.25) is 0 Å². The number of ether oxygens (including phenoxy) is 1. The minimum Gasteiger partial charge on any atom is -0.477 e. The SMILES string of the molecule is CCCC(C)NC(=O)COc1ccc(C)cc1[N+](=O)[O-]. The second kappa shape index (κ2) is 7.47. The van der Waals surface area contributed by atoms with E-state index in [0.717, 1.165) is 18.4 Å². The van der Waals surface area contributed by atoms with E-state index in [4.69, 9.17) is 4.74 Å². The van der Waals surface area contributed by atoms with E-state index in [1.165, 1.54) is 12.1 Å². The van der Waals surface area contributed by atoms with Crippen molar-refractivity contribution in [3.05, 3.63) is 33.9 Å². The summed E-state index contributed by atoms with van der Waals surface area (Å²) < 4.78 is 5.24. The zero-order valence-electron chi connectivity index (χ0n) is 12.0. The summed E-state index contributed by atoms with van der Waals surface area (Å²) in [6.45, 7) is 5.48. The van der Waals surface area contributed by atoms with Crippen LogP contribution >= 0.6 is 0 Å². The van der Waals surface area contributed by atoms with Crippen LogP contribution in [-0.4, -0.2) is 23.5 Å². The van der Waals surface area contributed by atoms with Gasteiger partial charge in [-0.2, -0.15) is 0 Å². The Hall–Kier alpha value is -2.11. The molecular weight excluding hydrogens is 260 g/mol. The Bertz CT molecular complexity index is 488. The summed E-state index contributed by atoms with van der Waals surface area (Å²) in [4.78, 5) is 22.0. The second-order valence-corrected chi connectivity index (χ2v) is 4.77. The first kappa shape index (κ1) is 15.9. The first-order chi connectivity index (χ1) is 9.43. The maximum atomic E-state index is 11.6. The number of nitro groups is 1. The van der Waals surface area contributed by atoms with Crippen LogP contribution in [0.4, 0.5) is 5.69 Å². The fourth-order valence-electron chi connectivity index (χ4n) is 1.86. The summed E-state index contributed by atoms with van der Waals surface area (Å²) in [5, 5.41) is 13.7. The summed E-state index contributed by atoms with van der Waals surface area (Å²) in [5.74, 6) is -0.167. The summed E-state index contributed by atoms with van der Waals surface area (Å²) in [5.41, 5.74) is 0.643. The highest BCUT2D eigenvalue weighted by atomic mass is 16.6. The number of aryl methyl sites for hydroxylation is 1. The number of carbonyl (C=O) groups is 1. The van der Waals surface area contributed by atoms with Gasteiger partial charge in [0.15, 0.2) is 12.4 Å². The number of nitrogens with zero attached hydrogens (tertiary/aromatic N) is 1. The molecule has 1 N–H and O–H groups in total. The van der Waals surface area contributed by atoms with Gasteiger partial charge in [-0.3, -0.25) is 14.9 Å². The zero-order valence-corrected chi connectivity index (χ0v) is 12.0.